The van der Waals surface area contributed by atoms with Gasteiger partial charge < -0.3 is 5.32 Å². The van der Waals surface area contributed by atoms with Gasteiger partial charge in [-0.15, -0.1) is 0 Å². The van der Waals surface area contributed by atoms with Gasteiger partial charge in [0.1, 0.15) is 0 Å². The van der Waals surface area contributed by atoms with Gasteiger partial charge in [-0.05, 0) is 50.6 Å². The number of anilines is 1. The molecule has 7 heteroatoms. The monoisotopic (exact) mass is 380 g/mol. The summed E-state index contributed by atoms with van der Waals surface area (Å²) in [5.41, 5.74) is 1.47. The Morgan fingerprint density at radius 3 is 2.40 bits per heavy atom. The summed E-state index contributed by atoms with van der Waals surface area (Å²) in [6.07, 6.45) is 0.781. The van der Waals surface area contributed by atoms with Crippen molar-refractivity contribution in [2.45, 2.75) is 38.1 Å². The van der Waals surface area contributed by atoms with E-state index >= 15 is 0 Å². The quantitative estimate of drug-likeness (QED) is 0.795. The molecular weight excluding hydrogens is 360 g/mol. The number of halogens is 1. The minimum absolute atomic E-state index is 0.00327. The lowest BCUT2D eigenvalue weighted by atomic mass is 10.1. The summed E-state index contributed by atoms with van der Waals surface area (Å²) in [6.45, 7) is 5.72. The number of hydrogen-bond acceptors (Lipinski definition) is 3. The number of carbonyl (C=O) groups is 1. The van der Waals surface area contributed by atoms with E-state index in [1.807, 2.05) is 20.8 Å². The fourth-order valence-electron chi connectivity index (χ4n) is 2.10. The molecule has 25 heavy (non-hydrogen) atoms. The van der Waals surface area contributed by atoms with Crippen LogP contribution in [0.3, 0.4) is 0 Å². The topological polar surface area (TPSA) is 75.3 Å². The van der Waals surface area contributed by atoms with Crippen LogP contribution in [0.2, 0.25) is 5.02 Å². The van der Waals surface area contributed by atoms with E-state index in [0.717, 1.165) is 12.0 Å². The lowest BCUT2D eigenvalue weighted by Gasteiger charge is -2.14. The predicted octanol–water partition coefficient (Wildman–Crippen LogP) is 3.98. The van der Waals surface area contributed by atoms with Crippen molar-refractivity contribution in [1.29, 1.82) is 0 Å². The second-order valence-electron chi connectivity index (χ2n) is 5.90. The Morgan fingerprint density at radius 1 is 1.16 bits per heavy atom. The fraction of sp³-hybridized carbons (Fsp3) is 0.278. The minimum Gasteiger partial charge on any atom is -0.350 e. The van der Waals surface area contributed by atoms with Gasteiger partial charge in [0.2, 0.25) is 0 Å². The van der Waals surface area contributed by atoms with Crippen molar-refractivity contribution in [1.82, 2.24) is 5.32 Å². The first-order valence-corrected chi connectivity index (χ1v) is 9.79. The van der Waals surface area contributed by atoms with E-state index < -0.39 is 10.0 Å². The first kappa shape index (κ1) is 19.3. The molecule has 5 nitrogen and oxygen atoms in total. The molecule has 0 bridgehead atoms. The third-order valence-electron chi connectivity index (χ3n) is 3.78. The van der Waals surface area contributed by atoms with Gasteiger partial charge in [0.25, 0.3) is 15.9 Å². The highest BCUT2D eigenvalue weighted by molar-refractivity contribution is 7.92. The Labute approximate surface area is 153 Å². The van der Waals surface area contributed by atoms with E-state index in [4.69, 9.17) is 11.6 Å². The molecule has 1 amide bonds. The number of aryl methyl sites for hydroxylation is 1. The van der Waals surface area contributed by atoms with Crippen molar-refractivity contribution in [3.05, 3.63) is 58.6 Å². The van der Waals surface area contributed by atoms with Crippen LogP contribution in [-0.2, 0) is 10.0 Å². The number of nitrogens with one attached hydrogen (secondary N) is 2. The van der Waals surface area contributed by atoms with Gasteiger partial charge in [-0.2, -0.15) is 0 Å². The molecule has 2 rings (SSSR count). The predicted molar refractivity (Wildman–Crippen MR) is 101 cm³/mol. The van der Waals surface area contributed by atoms with E-state index in [1.165, 1.54) is 30.3 Å². The molecule has 0 aliphatic rings. The molecule has 1 unspecified atom stereocenters. The second kappa shape index (κ2) is 7.89. The summed E-state index contributed by atoms with van der Waals surface area (Å²) in [6, 6.07) is 11.0. The highest BCUT2D eigenvalue weighted by Gasteiger charge is 2.17. The molecule has 0 saturated heterocycles. The van der Waals surface area contributed by atoms with Crippen molar-refractivity contribution in [3.8, 4) is 0 Å². The summed E-state index contributed by atoms with van der Waals surface area (Å²) in [5.74, 6) is -0.337. The summed E-state index contributed by atoms with van der Waals surface area (Å²) in [4.78, 5) is 12.4. The number of benzene rings is 2. The maximum atomic E-state index is 12.5. The van der Waals surface area contributed by atoms with E-state index in [1.54, 1.807) is 12.1 Å². The summed E-state index contributed by atoms with van der Waals surface area (Å²) >= 11 is 6.09. The molecule has 2 aromatic rings. The van der Waals surface area contributed by atoms with Crippen LogP contribution in [0.4, 0.5) is 5.69 Å². The number of amides is 1. The summed E-state index contributed by atoms with van der Waals surface area (Å²) in [7, 11) is -3.74. The van der Waals surface area contributed by atoms with Crippen molar-refractivity contribution in [2.24, 2.45) is 0 Å². The van der Waals surface area contributed by atoms with Crippen molar-refractivity contribution in [3.63, 3.8) is 0 Å². The van der Waals surface area contributed by atoms with Crippen molar-refractivity contribution < 1.29 is 13.2 Å². The third-order valence-corrected chi connectivity index (χ3v) is 5.51. The van der Waals surface area contributed by atoms with E-state index in [-0.39, 0.29) is 33.1 Å². The van der Waals surface area contributed by atoms with Gasteiger partial charge in [0.05, 0.1) is 15.5 Å². The van der Waals surface area contributed by atoms with Gasteiger partial charge in [0, 0.05) is 11.7 Å². The molecule has 0 fully saturated rings. The molecule has 1 atom stereocenters. The van der Waals surface area contributed by atoms with Crippen LogP contribution < -0.4 is 10.0 Å². The zero-order chi connectivity index (χ0) is 18.6. The molecule has 0 aliphatic heterocycles. The normalized spacial score (nSPS) is 12.5. The maximum Gasteiger partial charge on any atom is 0.261 e. The van der Waals surface area contributed by atoms with Gasteiger partial charge in [-0.25, -0.2) is 8.42 Å². The fourth-order valence-corrected chi connectivity index (χ4v) is 3.35. The van der Waals surface area contributed by atoms with E-state index in [9.17, 15) is 13.2 Å². The van der Waals surface area contributed by atoms with Gasteiger partial charge in [-0.1, -0.05) is 36.2 Å². The molecular formula is C18H21ClN2O3S. The van der Waals surface area contributed by atoms with Crippen LogP contribution >= 0.6 is 11.6 Å². The van der Waals surface area contributed by atoms with Crippen LogP contribution in [0.25, 0.3) is 0 Å². The molecule has 0 spiro atoms. The van der Waals surface area contributed by atoms with Crippen LogP contribution in [0.1, 0.15) is 36.2 Å². The third kappa shape index (κ3) is 4.96. The Balaban J connectivity index is 2.27. The minimum atomic E-state index is -3.74. The smallest absolute Gasteiger partial charge is 0.261 e. The van der Waals surface area contributed by atoms with Gasteiger partial charge in [0.15, 0.2) is 0 Å². The first-order chi connectivity index (χ1) is 11.7. The van der Waals surface area contributed by atoms with Crippen LogP contribution in [0.5, 0.6) is 0 Å². The molecule has 2 N–H and O–H groups in total. The molecule has 2 aromatic carbocycles. The average Bonchev–Trinajstić information content (AvgIpc) is 2.56. The summed E-state index contributed by atoms with van der Waals surface area (Å²) < 4.78 is 27.4. The largest absolute Gasteiger partial charge is 0.350 e. The second-order valence-corrected chi connectivity index (χ2v) is 7.99. The van der Waals surface area contributed by atoms with Crippen molar-refractivity contribution in [2.75, 3.05) is 4.72 Å². The maximum absolute atomic E-state index is 12.5. The number of rotatable bonds is 6. The lowest BCUT2D eigenvalue weighted by molar-refractivity contribution is 0.0939. The molecule has 0 heterocycles. The SMILES string of the molecule is CCC(C)NC(=O)c1cc(NS(=O)(=O)c2ccc(C)cc2)ccc1Cl. The van der Waals surface area contributed by atoms with Crippen LogP contribution in [0.15, 0.2) is 47.4 Å². The van der Waals surface area contributed by atoms with Crippen LogP contribution in [-0.4, -0.2) is 20.4 Å². The highest BCUT2D eigenvalue weighted by Crippen LogP contribution is 2.23. The zero-order valence-corrected chi connectivity index (χ0v) is 15.9. The Bertz CT molecular complexity index is 864. The summed E-state index contributed by atoms with van der Waals surface area (Å²) in [5, 5.41) is 3.08. The first-order valence-electron chi connectivity index (χ1n) is 7.93. The average molecular weight is 381 g/mol. The standard InChI is InChI=1S/C18H21ClN2O3S/c1-4-13(3)20-18(22)16-11-14(7-10-17(16)19)21-25(23,24)15-8-5-12(2)6-9-15/h5-11,13,21H,4H2,1-3H3,(H,20,22). The van der Waals surface area contributed by atoms with Gasteiger partial charge in [-0.3, -0.25) is 9.52 Å². The van der Waals surface area contributed by atoms with E-state index in [0.29, 0.717) is 0 Å². The van der Waals surface area contributed by atoms with E-state index in [2.05, 4.69) is 10.0 Å². The van der Waals surface area contributed by atoms with Gasteiger partial charge >= 0.3 is 0 Å². The lowest BCUT2D eigenvalue weighted by Crippen LogP contribution is -2.32. The zero-order valence-electron chi connectivity index (χ0n) is 14.3. The Hall–Kier alpha value is -2.05. The molecule has 0 saturated carbocycles. The van der Waals surface area contributed by atoms with Crippen LogP contribution in [0, 0.1) is 6.92 Å². The molecule has 0 aliphatic carbocycles. The molecule has 0 radical (unpaired) electrons. The number of hydrogen-bond donors (Lipinski definition) is 2. The highest BCUT2D eigenvalue weighted by atomic mass is 35.5. The van der Waals surface area contributed by atoms with Crippen molar-refractivity contribution >= 4 is 33.2 Å². The Kier molecular flexibility index (Phi) is 6.08. The molecule has 134 valence electrons. The molecule has 0 aromatic heterocycles. The number of carbonyl (C=O) groups excluding carboxylic acids is 1. The Morgan fingerprint density at radius 2 is 1.80 bits per heavy atom. The number of sulfonamides is 1.